The SMILES string of the molecule is N#Cc1cc(N(c2ccccc2)c2ccccc2)c(C#N)c(-n2c3ccc(N(c4ccccc4)c4ccccc4)cc3c3c4ccccc4ccc32)c1. The largest absolute Gasteiger partial charge is 0.310 e. The van der Waals surface area contributed by atoms with Crippen LogP contribution >= 0.6 is 0 Å². The van der Waals surface area contributed by atoms with Crippen molar-refractivity contribution < 1.29 is 0 Å². The minimum atomic E-state index is 0.456. The highest BCUT2D eigenvalue weighted by atomic mass is 15.2. The van der Waals surface area contributed by atoms with Gasteiger partial charge in [0.2, 0.25) is 0 Å². The van der Waals surface area contributed by atoms with Crippen molar-refractivity contribution in [2.24, 2.45) is 0 Å². The van der Waals surface area contributed by atoms with Crippen molar-refractivity contribution in [1.82, 2.24) is 4.57 Å². The fourth-order valence-corrected chi connectivity index (χ4v) is 7.50. The molecule has 0 bridgehead atoms. The summed E-state index contributed by atoms with van der Waals surface area (Å²) >= 11 is 0. The first-order valence-corrected chi connectivity index (χ1v) is 17.5. The molecular weight excluding hydrogens is 647 g/mol. The Morgan fingerprint density at radius 1 is 0.415 bits per heavy atom. The maximum Gasteiger partial charge on any atom is 0.104 e. The average Bonchev–Trinajstić information content (AvgIpc) is 3.56. The molecule has 0 saturated carbocycles. The molecule has 0 N–H and O–H groups in total. The molecule has 9 rings (SSSR count). The lowest BCUT2D eigenvalue weighted by atomic mass is 10.0. The van der Waals surface area contributed by atoms with E-state index in [1.165, 1.54) is 0 Å². The first-order valence-electron chi connectivity index (χ1n) is 17.5. The van der Waals surface area contributed by atoms with Gasteiger partial charge in [-0.3, -0.25) is 0 Å². The zero-order valence-electron chi connectivity index (χ0n) is 28.6. The number of fused-ring (bicyclic) bond motifs is 5. The Balaban J connectivity index is 1.37. The quantitative estimate of drug-likeness (QED) is 0.168. The number of hydrogen-bond donors (Lipinski definition) is 0. The van der Waals surface area contributed by atoms with E-state index < -0.39 is 0 Å². The summed E-state index contributed by atoms with van der Waals surface area (Å²) in [6, 6.07) is 68.6. The average molecular weight is 678 g/mol. The standard InChI is InChI=1S/C48H31N5/c49-32-34-29-46(52(38-20-9-3-10-21-38)39-22-11-4-12-23-39)43(33-50)47(30-34)53-44-28-26-40(51(36-16-5-1-6-17-36)37-18-7-2-8-19-37)31-42(44)48-41-24-14-13-15-35(41)25-27-45(48)53/h1-31H. The van der Waals surface area contributed by atoms with E-state index in [4.69, 9.17) is 0 Å². The number of nitrogens with zero attached hydrogens (tertiary/aromatic N) is 5. The number of hydrogen-bond acceptors (Lipinski definition) is 4. The van der Waals surface area contributed by atoms with E-state index in [0.29, 0.717) is 22.5 Å². The molecule has 248 valence electrons. The molecule has 0 amide bonds. The molecule has 5 heteroatoms. The maximum absolute atomic E-state index is 11.1. The van der Waals surface area contributed by atoms with Crippen LogP contribution in [0.4, 0.5) is 34.1 Å². The van der Waals surface area contributed by atoms with Crippen LogP contribution in [0, 0.1) is 22.7 Å². The van der Waals surface area contributed by atoms with Crippen molar-refractivity contribution in [3.63, 3.8) is 0 Å². The van der Waals surface area contributed by atoms with Gasteiger partial charge in [-0.25, -0.2) is 0 Å². The van der Waals surface area contributed by atoms with E-state index in [2.05, 4.69) is 130 Å². The molecular formula is C48H31N5. The first kappa shape index (κ1) is 31.4. The van der Waals surface area contributed by atoms with Gasteiger partial charge in [-0.2, -0.15) is 10.5 Å². The van der Waals surface area contributed by atoms with Crippen LogP contribution in [0.5, 0.6) is 0 Å². The number of aromatic nitrogens is 1. The van der Waals surface area contributed by atoms with Crippen LogP contribution in [0.25, 0.3) is 38.3 Å². The Kier molecular flexibility index (Phi) is 7.86. The molecule has 0 spiro atoms. The van der Waals surface area contributed by atoms with Crippen molar-refractivity contribution in [2.45, 2.75) is 0 Å². The number of para-hydroxylation sites is 4. The Morgan fingerprint density at radius 3 is 1.51 bits per heavy atom. The second-order valence-electron chi connectivity index (χ2n) is 12.8. The lowest BCUT2D eigenvalue weighted by Crippen LogP contribution is -2.13. The van der Waals surface area contributed by atoms with Crippen molar-refractivity contribution in [3.8, 4) is 17.8 Å². The lowest BCUT2D eigenvalue weighted by molar-refractivity contribution is 1.15. The van der Waals surface area contributed by atoms with Crippen LogP contribution in [-0.2, 0) is 0 Å². The summed E-state index contributed by atoms with van der Waals surface area (Å²) in [4.78, 5) is 4.32. The van der Waals surface area contributed by atoms with Crippen molar-refractivity contribution in [3.05, 3.63) is 199 Å². The molecule has 0 saturated heterocycles. The summed E-state index contributed by atoms with van der Waals surface area (Å²) in [7, 11) is 0. The van der Waals surface area contributed by atoms with E-state index in [1.54, 1.807) is 0 Å². The Labute approximate surface area is 307 Å². The van der Waals surface area contributed by atoms with Gasteiger partial charge in [0.05, 0.1) is 34.0 Å². The second kappa shape index (κ2) is 13.3. The predicted molar refractivity (Wildman–Crippen MR) is 217 cm³/mol. The molecule has 0 fully saturated rings. The molecule has 0 aliphatic rings. The van der Waals surface area contributed by atoms with Crippen LogP contribution in [0.15, 0.2) is 188 Å². The maximum atomic E-state index is 11.1. The molecule has 0 unspecified atom stereocenters. The van der Waals surface area contributed by atoms with E-state index in [9.17, 15) is 10.5 Å². The van der Waals surface area contributed by atoms with E-state index in [0.717, 1.165) is 61.0 Å². The number of nitriles is 2. The van der Waals surface area contributed by atoms with E-state index in [1.807, 2.05) is 84.9 Å². The summed E-state index contributed by atoms with van der Waals surface area (Å²) in [5, 5.41) is 26.0. The molecule has 0 aliphatic carbocycles. The van der Waals surface area contributed by atoms with Gasteiger partial charge in [-0.05, 0) is 95.7 Å². The highest BCUT2D eigenvalue weighted by Crippen LogP contribution is 2.44. The lowest BCUT2D eigenvalue weighted by Gasteiger charge is -2.27. The van der Waals surface area contributed by atoms with Crippen LogP contribution < -0.4 is 9.80 Å². The Hall–Kier alpha value is -7.60. The molecule has 0 aliphatic heterocycles. The van der Waals surface area contributed by atoms with Crippen LogP contribution in [-0.4, -0.2) is 4.57 Å². The van der Waals surface area contributed by atoms with Gasteiger partial charge in [0, 0.05) is 39.2 Å². The van der Waals surface area contributed by atoms with Crippen LogP contribution in [0.1, 0.15) is 11.1 Å². The van der Waals surface area contributed by atoms with Crippen molar-refractivity contribution in [1.29, 1.82) is 10.5 Å². The van der Waals surface area contributed by atoms with E-state index in [-0.39, 0.29) is 0 Å². The molecule has 0 atom stereocenters. The van der Waals surface area contributed by atoms with Gasteiger partial charge >= 0.3 is 0 Å². The summed E-state index contributed by atoms with van der Waals surface area (Å²) in [5.74, 6) is 0. The molecule has 9 aromatic rings. The minimum Gasteiger partial charge on any atom is -0.310 e. The zero-order valence-corrected chi connectivity index (χ0v) is 28.6. The Bertz CT molecular complexity index is 2770. The fourth-order valence-electron chi connectivity index (χ4n) is 7.50. The topological polar surface area (TPSA) is 59.0 Å². The molecule has 1 heterocycles. The van der Waals surface area contributed by atoms with Gasteiger partial charge in [0.25, 0.3) is 0 Å². The third kappa shape index (κ3) is 5.42. The van der Waals surface area contributed by atoms with Crippen molar-refractivity contribution in [2.75, 3.05) is 9.80 Å². The highest BCUT2D eigenvalue weighted by molar-refractivity contribution is 6.22. The van der Waals surface area contributed by atoms with E-state index >= 15 is 0 Å². The minimum absolute atomic E-state index is 0.456. The normalized spacial score (nSPS) is 11.0. The molecule has 5 nitrogen and oxygen atoms in total. The van der Waals surface area contributed by atoms with Gasteiger partial charge in [-0.1, -0.05) is 103 Å². The van der Waals surface area contributed by atoms with Gasteiger partial charge in [-0.15, -0.1) is 0 Å². The smallest absolute Gasteiger partial charge is 0.104 e. The summed E-state index contributed by atoms with van der Waals surface area (Å²) in [6.07, 6.45) is 0. The van der Waals surface area contributed by atoms with Crippen molar-refractivity contribution >= 4 is 66.7 Å². The number of anilines is 6. The predicted octanol–water partition coefficient (Wildman–Crippen LogP) is 12.6. The summed E-state index contributed by atoms with van der Waals surface area (Å²) in [6.45, 7) is 0. The first-order chi connectivity index (χ1) is 26.2. The van der Waals surface area contributed by atoms with Crippen LogP contribution in [0.3, 0.4) is 0 Å². The zero-order chi connectivity index (χ0) is 35.7. The number of benzene rings is 8. The summed E-state index contributed by atoms with van der Waals surface area (Å²) < 4.78 is 2.16. The third-order valence-corrected chi connectivity index (χ3v) is 9.77. The number of rotatable bonds is 7. The van der Waals surface area contributed by atoms with Crippen LogP contribution in [0.2, 0.25) is 0 Å². The molecule has 1 aromatic heterocycles. The third-order valence-electron chi connectivity index (χ3n) is 9.77. The molecule has 8 aromatic carbocycles. The highest BCUT2D eigenvalue weighted by Gasteiger charge is 2.25. The second-order valence-corrected chi connectivity index (χ2v) is 12.8. The van der Waals surface area contributed by atoms with Gasteiger partial charge in [0.1, 0.15) is 11.6 Å². The Morgan fingerprint density at radius 2 is 0.943 bits per heavy atom. The summed E-state index contributed by atoms with van der Waals surface area (Å²) in [5.41, 5.74) is 8.95. The molecule has 53 heavy (non-hydrogen) atoms. The van der Waals surface area contributed by atoms with Gasteiger partial charge < -0.3 is 14.4 Å². The fraction of sp³-hybridized carbons (Fsp3) is 0. The monoisotopic (exact) mass is 677 g/mol. The van der Waals surface area contributed by atoms with Gasteiger partial charge in [0.15, 0.2) is 0 Å². The molecule has 0 radical (unpaired) electrons.